The van der Waals surface area contributed by atoms with E-state index in [1.807, 2.05) is 0 Å². The summed E-state index contributed by atoms with van der Waals surface area (Å²) in [6, 6.07) is 0. The van der Waals surface area contributed by atoms with Gasteiger partial charge in [0.25, 0.3) is 0 Å². The van der Waals surface area contributed by atoms with Gasteiger partial charge in [-0.05, 0) is 5.53 Å². The van der Waals surface area contributed by atoms with Crippen molar-refractivity contribution in [2.45, 2.75) is 6.92 Å². The molecule has 0 amide bonds. The van der Waals surface area contributed by atoms with Crippen LogP contribution in [0.2, 0.25) is 0 Å². The molecular formula is C6H11N3O3. The van der Waals surface area contributed by atoms with E-state index in [1.54, 1.807) is 0 Å². The Hall–Kier alpha value is -1.26. The van der Waals surface area contributed by atoms with E-state index in [0.717, 1.165) is 0 Å². The Morgan fingerprint density at radius 1 is 1.50 bits per heavy atom. The molecule has 0 heterocycles. The molecule has 0 saturated carbocycles. The summed E-state index contributed by atoms with van der Waals surface area (Å²) in [5.74, 6) is -0.325. The van der Waals surface area contributed by atoms with Gasteiger partial charge in [0.15, 0.2) is 0 Å². The van der Waals surface area contributed by atoms with Crippen molar-refractivity contribution in [2.75, 3.05) is 26.4 Å². The SMILES string of the molecule is CC(=O)OCCOCCN=[N+]=[N-]. The first-order valence-electron chi connectivity index (χ1n) is 3.49. The fourth-order valence-corrected chi connectivity index (χ4v) is 0.496. The van der Waals surface area contributed by atoms with Crippen molar-refractivity contribution in [3.05, 3.63) is 10.4 Å². The van der Waals surface area contributed by atoms with E-state index in [4.69, 9.17) is 10.3 Å². The van der Waals surface area contributed by atoms with Crippen LogP contribution in [0, 0.1) is 0 Å². The van der Waals surface area contributed by atoms with Gasteiger partial charge < -0.3 is 9.47 Å². The molecule has 0 atom stereocenters. The Morgan fingerprint density at radius 3 is 2.83 bits per heavy atom. The Balaban J connectivity index is 3.00. The molecule has 6 nitrogen and oxygen atoms in total. The minimum absolute atomic E-state index is 0.242. The van der Waals surface area contributed by atoms with Gasteiger partial charge in [-0.1, -0.05) is 5.11 Å². The normalized spacial score (nSPS) is 8.75. The third-order valence-electron chi connectivity index (χ3n) is 0.932. The molecular weight excluding hydrogens is 162 g/mol. The van der Waals surface area contributed by atoms with Crippen molar-refractivity contribution in [2.24, 2.45) is 5.11 Å². The maximum atomic E-state index is 10.2. The molecule has 0 radical (unpaired) electrons. The summed E-state index contributed by atoms with van der Waals surface area (Å²) in [5, 5.41) is 3.25. The first-order valence-corrected chi connectivity index (χ1v) is 3.49. The van der Waals surface area contributed by atoms with Gasteiger partial charge >= 0.3 is 5.97 Å². The smallest absolute Gasteiger partial charge is 0.302 e. The van der Waals surface area contributed by atoms with E-state index in [0.29, 0.717) is 19.8 Å². The average molecular weight is 173 g/mol. The quantitative estimate of drug-likeness (QED) is 0.196. The molecule has 0 fully saturated rings. The molecule has 0 rings (SSSR count). The molecule has 0 bridgehead atoms. The Kier molecular flexibility index (Phi) is 7.02. The van der Waals surface area contributed by atoms with Crippen LogP contribution in [0.15, 0.2) is 5.11 Å². The maximum absolute atomic E-state index is 10.2. The number of hydrogen-bond donors (Lipinski definition) is 0. The highest BCUT2D eigenvalue weighted by atomic mass is 16.6. The Bertz CT molecular complexity index is 171. The summed E-state index contributed by atoms with van der Waals surface area (Å²) in [6.45, 7) is 2.56. The van der Waals surface area contributed by atoms with Gasteiger partial charge in [-0.2, -0.15) is 0 Å². The number of esters is 1. The number of ether oxygens (including phenoxy) is 2. The summed E-state index contributed by atoms with van der Waals surface area (Å²) >= 11 is 0. The van der Waals surface area contributed by atoms with Crippen molar-refractivity contribution >= 4 is 5.97 Å². The second-order valence-electron chi connectivity index (χ2n) is 1.91. The molecule has 0 aliphatic rings. The van der Waals surface area contributed by atoms with Gasteiger partial charge in [0.2, 0.25) is 0 Å². The molecule has 0 aliphatic heterocycles. The van der Waals surface area contributed by atoms with Gasteiger partial charge in [0, 0.05) is 18.4 Å². The van der Waals surface area contributed by atoms with Crippen molar-refractivity contribution in [1.29, 1.82) is 0 Å². The molecule has 0 aliphatic carbocycles. The molecule has 0 unspecified atom stereocenters. The molecule has 0 N–H and O–H groups in total. The zero-order chi connectivity index (χ0) is 9.23. The lowest BCUT2D eigenvalue weighted by Crippen LogP contribution is -2.09. The summed E-state index contributed by atoms with van der Waals surface area (Å²) < 4.78 is 9.53. The summed E-state index contributed by atoms with van der Waals surface area (Å²) in [4.78, 5) is 12.8. The minimum Gasteiger partial charge on any atom is -0.463 e. The minimum atomic E-state index is -0.325. The van der Waals surface area contributed by atoms with Crippen molar-refractivity contribution in [1.82, 2.24) is 0 Å². The van der Waals surface area contributed by atoms with Gasteiger partial charge in [0.1, 0.15) is 6.61 Å². The molecule has 6 heteroatoms. The fourth-order valence-electron chi connectivity index (χ4n) is 0.496. The van der Waals surface area contributed by atoms with E-state index in [9.17, 15) is 4.79 Å². The highest BCUT2D eigenvalue weighted by molar-refractivity contribution is 5.65. The Morgan fingerprint density at radius 2 is 2.25 bits per heavy atom. The highest BCUT2D eigenvalue weighted by Gasteiger charge is 1.91. The summed E-state index contributed by atoms with van der Waals surface area (Å²) in [6.07, 6.45) is 0. The topological polar surface area (TPSA) is 84.3 Å². The van der Waals surface area contributed by atoms with Crippen LogP contribution in [0.25, 0.3) is 10.4 Å². The van der Waals surface area contributed by atoms with Crippen LogP contribution in [0.3, 0.4) is 0 Å². The first-order chi connectivity index (χ1) is 5.77. The van der Waals surface area contributed by atoms with Crippen LogP contribution in [-0.4, -0.2) is 32.3 Å². The number of hydrogen-bond acceptors (Lipinski definition) is 4. The number of carbonyl (C=O) groups is 1. The van der Waals surface area contributed by atoms with E-state index >= 15 is 0 Å². The number of azide groups is 1. The molecule has 0 saturated heterocycles. The zero-order valence-corrected chi connectivity index (χ0v) is 6.89. The van der Waals surface area contributed by atoms with Crippen LogP contribution in [-0.2, 0) is 14.3 Å². The Labute approximate surface area is 70.1 Å². The van der Waals surface area contributed by atoms with Gasteiger partial charge in [-0.3, -0.25) is 4.79 Å². The molecule has 68 valence electrons. The zero-order valence-electron chi connectivity index (χ0n) is 6.89. The fraction of sp³-hybridized carbons (Fsp3) is 0.833. The maximum Gasteiger partial charge on any atom is 0.302 e. The van der Waals surface area contributed by atoms with Crippen LogP contribution in [0.5, 0.6) is 0 Å². The molecule has 0 aromatic heterocycles. The van der Waals surface area contributed by atoms with Gasteiger partial charge in [-0.25, -0.2) is 0 Å². The van der Waals surface area contributed by atoms with Gasteiger partial charge in [0.05, 0.1) is 13.2 Å². The number of nitrogens with zero attached hydrogens (tertiary/aromatic N) is 3. The van der Waals surface area contributed by atoms with Crippen LogP contribution in [0.1, 0.15) is 6.92 Å². The monoisotopic (exact) mass is 173 g/mol. The molecule has 12 heavy (non-hydrogen) atoms. The highest BCUT2D eigenvalue weighted by Crippen LogP contribution is 1.80. The third-order valence-corrected chi connectivity index (χ3v) is 0.932. The molecule has 0 spiro atoms. The summed E-state index contributed by atoms with van der Waals surface area (Å²) in [5.41, 5.74) is 7.88. The lowest BCUT2D eigenvalue weighted by molar-refractivity contribution is -0.142. The molecule has 0 aromatic rings. The van der Waals surface area contributed by atoms with Gasteiger partial charge in [-0.15, -0.1) is 0 Å². The number of carbonyl (C=O) groups excluding carboxylic acids is 1. The largest absolute Gasteiger partial charge is 0.463 e. The lowest BCUT2D eigenvalue weighted by Gasteiger charge is -2.01. The standard InChI is InChI=1S/C6H11N3O3/c1-6(10)12-5-4-11-3-2-8-9-7/h2-5H2,1H3. The van der Waals surface area contributed by atoms with Crippen LogP contribution in [0.4, 0.5) is 0 Å². The van der Waals surface area contributed by atoms with Crippen LogP contribution >= 0.6 is 0 Å². The molecule has 0 aromatic carbocycles. The predicted octanol–water partition coefficient (Wildman–Crippen LogP) is 0.876. The number of rotatable bonds is 6. The van der Waals surface area contributed by atoms with Crippen molar-refractivity contribution in [3.8, 4) is 0 Å². The van der Waals surface area contributed by atoms with E-state index in [-0.39, 0.29) is 12.6 Å². The van der Waals surface area contributed by atoms with Crippen LogP contribution < -0.4 is 0 Å². The van der Waals surface area contributed by atoms with E-state index in [1.165, 1.54) is 6.92 Å². The predicted molar refractivity (Wildman–Crippen MR) is 41.5 cm³/mol. The average Bonchev–Trinajstić information content (AvgIpc) is 2.02. The van der Waals surface area contributed by atoms with Crippen molar-refractivity contribution < 1.29 is 14.3 Å². The second kappa shape index (κ2) is 7.84. The van der Waals surface area contributed by atoms with E-state index in [2.05, 4.69) is 14.8 Å². The lowest BCUT2D eigenvalue weighted by atomic mass is 10.7. The third kappa shape index (κ3) is 8.74. The first kappa shape index (κ1) is 10.7. The van der Waals surface area contributed by atoms with E-state index < -0.39 is 0 Å². The summed E-state index contributed by atoms with van der Waals surface area (Å²) in [7, 11) is 0. The second-order valence-corrected chi connectivity index (χ2v) is 1.91. The van der Waals surface area contributed by atoms with Crippen molar-refractivity contribution in [3.63, 3.8) is 0 Å².